The average molecular weight is 703 g/mol. The number of benzene rings is 1. The van der Waals surface area contributed by atoms with Crippen molar-refractivity contribution < 1.29 is 42.4 Å². The van der Waals surface area contributed by atoms with Gasteiger partial charge in [-0.15, -0.1) is 0 Å². The van der Waals surface area contributed by atoms with E-state index in [0.29, 0.717) is 23.1 Å². The number of unbranched alkanes of at least 4 members (excludes halogenated alkanes) is 6. The van der Waals surface area contributed by atoms with Crippen LogP contribution >= 0.6 is 11.3 Å². The van der Waals surface area contributed by atoms with Crippen molar-refractivity contribution in [1.29, 1.82) is 0 Å². The van der Waals surface area contributed by atoms with E-state index in [1.165, 1.54) is 11.0 Å². The Kier molecular flexibility index (Phi) is 12.8. The zero-order valence-corrected chi connectivity index (χ0v) is 28.9. The second-order valence-electron chi connectivity index (χ2n) is 13.9. The number of carbonyl (C=O) groups is 2. The molecule has 0 saturated carbocycles. The number of fused-ring (bicyclic) bond motifs is 1. The van der Waals surface area contributed by atoms with Gasteiger partial charge in [0.2, 0.25) is 0 Å². The SMILES string of the molecule is CC(C)(C)N(C[C@H](O)c1ccc(O)c2[nH]c(=O)sc12)C(=O)OCCCCCCCCCN1CCC2(CC1)CN(C(=O)C(F)(F)F)CCO2. The number of piperidine rings is 1. The van der Waals surface area contributed by atoms with Crippen LogP contribution in [0.25, 0.3) is 10.2 Å². The lowest BCUT2D eigenvalue weighted by Gasteiger charge is -2.47. The normalized spacial score (nSPS) is 17.9. The molecule has 2 saturated heterocycles. The Bertz CT molecular complexity index is 1430. The lowest BCUT2D eigenvalue weighted by molar-refractivity contribution is -0.200. The molecule has 4 rings (SSSR count). The van der Waals surface area contributed by atoms with Crippen molar-refractivity contribution in [3.05, 3.63) is 27.4 Å². The number of morpholine rings is 1. The minimum atomic E-state index is -4.86. The number of amides is 2. The second kappa shape index (κ2) is 16.2. The van der Waals surface area contributed by atoms with Crippen LogP contribution in [0.4, 0.5) is 18.0 Å². The molecule has 15 heteroatoms. The van der Waals surface area contributed by atoms with Crippen molar-refractivity contribution in [2.45, 2.75) is 102 Å². The number of nitrogens with zero attached hydrogens (tertiary/aromatic N) is 3. The number of phenols is 1. The van der Waals surface area contributed by atoms with Gasteiger partial charge in [-0.25, -0.2) is 4.79 Å². The summed E-state index contributed by atoms with van der Waals surface area (Å²) < 4.78 is 50.6. The maximum atomic E-state index is 13.0. The summed E-state index contributed by atoms with van der Waals surface area (Å²) in [6.45, 7) is 8.32. The summed E-state index contributed by atoms with van der Waals surface area (Å²) in [5.74, 6) is -1.86. The molecule has 2 amide bonds. The third-order valence-corrected chi connectivity index (χ3v) is 10.2. The van der Waals surface area contributed by atoms with E-state index in [1.54, 1.807) is 6.07 Å². The molecule has 0 radical (unpaired) electrons. The highest BCUT2D eigenvalue weighted by Crippen LogP contribution is 2.34. The summed E-state index contributed by atoms with van der Waals surface area (Å²) >= 11 is 0.894. The van der Waals surface area contributed by atoms with Crippen LogP contribution in [0.2, 0.25) is 0 Å². The third kappa shape index (κ3) is 10.1. The Balaban J connectivity index is 1.08. The largest absolute Gasteiger partial charge is 0.506 e. The fourth-order valence-electron chi connectivity index (χ4n) is 6.44. The molecule has 11 nitrogen and oxygen atoms in total. The number of hydrogen-bond acceptors (Lipinski definition) is 9. The van der Waals surface area contributed by atoms with Gasteiger partial charge in [0.05, 0.1) is 42.7 Å². The first kappa shape index (κ1) is 37.9. The van der Waals surface area contributed by atoms with Crippen molar-refractivity contribution in [1.82, 2.24) is 19.7 Å². The molecule has 2 aromatic rings. The topological polar surface area (TPSA) is 136 Å². The van der Waals surface area contributed by atoms with Gasteiger partial charge in [-0.1, -0.05) is 49.5 Å². The van der Waals surface area contributed by atoms with Gasteiger partial charge in [-0.3, -0.25) is 9.59 Å². The number of likely N-dealkylation sites (tertiary alicyclic amines) is 1. The predicted molar refractivity (Wildman–Crippen MR) is 176 cm³/mol. The number of aromatic amines is 1. The Labute approximate surface area is 283 Å². The van der Waals surface area contributed by atoms with Crippen LogP contribution in [0.5, 0.6) is 5.75 Å². The molecule has 2 aliphatic heterocycles. The Morgan fingerprint density at radius 2 is 1.71 bits per heavy atom. The molecular weight excluding hydrogens is 653 g/mol. The fourth-order valence-corrected chi connectivity index (χ4v) is 7.36. The monoisotopic (exact) mass is 702 g/mol. The smallest absolute Gasteiger partial charge is 0.471 e. The van der Waals surface area contributed by atoms with Crippen LogP contribution in [0, 0.1) is 0 Å². The first-order chi connectivity index (χ1) is 22.6. The van der Waals surface area contributed by atoms with Gasteiger partial charge in [0.1, 0.15) is 11.3 Å². The van der Waals surface area contributed by atoms with Crippen LogP contribution in [0.15, 0.2) is 16.9 Å². The van der Waals surface area contributed by atoms with Gasteiger partial charge in [0.15, 0.2) is 0 Å². The number of nitrogens with one attached hydrogen (secondary N) is 1. The minimum absolute atomic E-state index is 0.000285. The number of rotatable bonds is 13. The van der Waals surface area contributed by atoms with E-state index in [2.05, 4.69) is 9.88 Å². The molecule has 3 heterocycles. The van der Waals surface area contributed by atoms with Crippen LogP contribution in [0.1, 0.15) is 90.2 Å². The number of hydrogen-bond donors (Lipinski definition) is 3. The van der Waals surface area contributed by atoms with Crippen molar-refractivity contribution in [3.63, 3.8) is 0 Å². The van der Waals surface area contributed by atoms with Crippen LogP contribution in [-0.2, 0) is 14.3 Å². The summed E-state index contributed by atoms with van der Waals surface area (Å²) in [5, 5.41) is 21.1. The summed E-state index contributed by atoms with van der Waals surface area (Å²) in [7, 11) is 0. The number of aliphatic hydroxyl groups is 1. The van der Waals surface area contributed by atoms with Crippen molar-refractivity contribution in [3.8, 4) is 5.75 Å². The molecule has 270 valence electrons. The van der Waals surface area contributed by atoms with Crippen LogP contribution in [0.3, 0.4) is 0 Å². The van der Waals surface area contributed by atoms with Crippen molar-refractivity contribution in [2.24, 2.45) is 0 Å². The Morgan fingerprint density at radius 3 is 2.35 bits per heavy atom. The number of β-amino-alcohol motifs (C(OH)–C–C–N with tert-alkyl or cyclic N) is 1. The Hall–Kier alpha value is -2.88. The molecule has 2 aliphatic rings. The number of ether oxygens (including phenoxy) is 2. The van der Waals surface area contributed by atoms with Gasteiger partial charge in [0.25, 0.3) is 0 Å². The molecule has 2 fully saturated rings. The number of thiazole rings is 1. The average Bonchev–Trinajstić information content (AvgIpc) is 3.42. The van der Waals surface area contributed by atoms with E-state index in [-0.39, 0.29) is 49.0 Å². The number of halogens is 3. The summed E-state index contributed by atoms with van der Waals surface area (Å²) in [4.78, 5) is 43.5. The lowest BCUT2D eigenvalue weighted by Crippen LogP contribution is -2.59. The van der Waals surface area contributed by atoms with E-state index in [1.807, 2.05) is 20.8 Å². The molecule has 1 spiro atoms. The first-order valence-electron chi connectivity index (χ1n) is 16.8. The van der Waals surface area contributed by atoms with Gasteiger partial charge in [-0.2, -0.15) is 13.2 Å². The highest BCUT2D eigenvalue weighted by molar-refractivity contribution is 7.16. The van der Waals surface area contributed by atoms with Gasteiger partial charge < -0.3 is 39.4 Å². The lowest BCUT2D eigenvalue weighted by atomic mass is 9.89. The molecule has 0 aliphatic carbocycles. The number of aromatic nitrogens is 1. The van der Waals surface area contributed by atoms with Crippen LogP contribution < -0.4 is 4.87 Å². The maximum absolute atomic E-state index is 13.0. The summed E-state index contributed by atoms with van der Waals surface area (Å²) in [5.41, 5.74) is -0.591. The number of aliphatic hydroxyl groups excluding tert-OH is 1. The molecular formula is C33H49F3N4O7S. The molecule has 48 heavy (non-hydrogen) atoms. The van der Waals surface area contributed by atoms with Crippen molar-refractivity contribution in [2.75, 3.05) is 52.5 Å². The second-order valence-corrected chi connectivity index (χ2v) is 14.9. The number of H-pyrrole nitrogens is 1. The van der Waals surface area contributed by atoms with E-state index in [9.17, 15) is 37.8 Å². The maximum Gasteiger partial charge on any atom is 0.471 e. The highest BCUT2D eigenvalue weighted by atomic mass is 32.1. The fraction of sp³-hybridized carbons (Fsp3) is 0.727. The van der Waals surface area contributed by atoms with Gasteiger partial charge >= 0.3 is 23.0 Å². The Morgan fingerprint density at radius 1 is 1.06 bits per heavy atom. The van der Waals surface area contributed by atoms with Crippen molar-refractivity contribution >= 4 is 33.6 Å². The predicted octanol–water partition coefficient (Wildman–Crippen LogP) is 5.55. The van der Waals surface area contributed by atoms with Crippen LogP contribution in [-0.4, -0.2) is 112 Å². The van der Waals surface area contributed by atoms with E-state index in [0.717, 1.165) is 80.8 Å². The quantitative estimate of drug-likeness (QED) is 0.231. The summed E-state index contributed by atoms with van der Waals surface area (Å²) in [6.07, 6.45) is 1.71. The van der Waals surface area contributed by atoms with Gasteiger partial charge in [-0.05, 0) is 59.1 Å². The van der Waals surface area contributed by atoms with E-state index >= 15 is 0 Å². The third-order valence-electron chi connectivity index (χ3n) is 9.22. The molecule has 0 unspecified atom stereocenters. The molecule has 1 aromatic heterocycles. The molecule has 1 atom stereocenters. The highest BCUT2D eigenvalue weighted by Gasteiger charge is 2.48. The minimum Gasteiger partial charge on any atom is -0.506 e. The zero-order valence-electron chi connectivity index (χ0n) is 28.1. The zero-order chi connectivity index (χ0) is 35.1. The van der Waals surface area contributed by atoms with Gasteiger partial charge in [0, 0.05) is 30.7 Å². The summed E-state index contributed by atoms with van der Waals surface area (Å²) in [6, 6.07) is 2.96. The molecule has 0 bridgehead atoms. The van der Waals surface area contributed by atoms with E-state index < -0.39 is 35.4 Å². The molecule has 3 N–H and O–H groups in total. The standard InChI is InChI=1S/C33H49F3N4O7S/c1-31(2,3)40(21-25(42)23-11-12-24(41)26-27(23)48-29(44)37-26)30(45)46-19-10-8-6-4-5-7-9-15-38-16-13-32(14-17-38)22-39(18-20-47-32)28(43)33(34,35)36/h11-12,25,41-42H,4-10,13-22H2,1-3H3,(H,37,44)/t25-/m0/s1. The number of aromatic hydroxyl groups is 1. The first-order valence-corrected chi connectivity index (χ1v) is 17.6. The number of alkyl halides is 3. The van der Waals surface area contributed by atoms with E-state index in [4.69, 9.17) is 9.47 Å². The number of phenolic OH excluding ortho intramolecular Hbond substituents is 1. The molecule has 1 aromatic carbocycles. The number of carbonyl (C=O) groups excluding carboxylic acids is 2.